The van der Waals surface area contributed by atoms with Crippen molar-refractivity contribution in [3.05, 3.63) is 35.9 Å². The number of aryl methyl sites for hydroxylation is 2. The Labute approximate surface area is 88.8 Å². The summed E-state index contributed by atoms with van der Waals surface area (Å²) in [5.41, 5.74) is 2.61. The lowest BCUT2D eigenvalue weighted by Crippen LogP contribution is -2.31. The molecule has 0 aliphatic heterocycles. The van der Waals surface area contributed by atoms with Crippen LogP contribution in [0.4, 0.5) is 0 Å². The number of thioether (sulfide) groups is 1. The monoisotopic (exact) mass is 204 g/mol. The van der Waals surface area contributed by atoms with E-state index < -0.39 is 0 Å². The van der Waals surface area contributed by atoms with Crippen molar-refractivity contribution in [3.63, 3.8) is 0 Å². The van der Waals surface area contributed by atoms with Crippen LogP contribution in [-0.4, -0.2) is 6.26 Å². The van der Waals surface area contributed by atoms with Crippen LogP contribution in [0.25, 0.3) is 10.9 Å². The van der Waals surface area contributed by atoms with Crippen LogP contribution in [0.5, 0.6) is 0 Å². The third kappa shape index (κ3) is 1.50. The Bertz CT molecular complexity index is 477. The molecule has 0 saturated carbocycles. The lowest BCUT2D eigenvalue weighted by molar-refractivity contribution is -0.683. The lowest BCUT2D eigenvalue weighted by Gasteiger charge is -2.01. The van der Waals surface area contributed by atoms with Gasteiger partial charge in [0.1, 0.15) is 7.05 Å². The third-order valence-electron chi connectivity index (χ3n) is 2.49. The van der Waals surface area contributed by atoms with Gasteiger partial charge in [0.25, 0.3) is 0 Å². The van der Waals surface area contributed by atoms with E-state index in [-0.39, 0.29) is 0 Å². The van der Waals surface area contributed by atoms with Crippen molar-refractivity contribution in [1.29, 1.82) is 0 Å². The van der Waals surface area contributed by atoms with Crippen LogP contribution < -0.4 is 4.57 Å². The first kappa shape index (κ1) is 9.53. The standard InChI is InChI=1S/C12H14NS/c1-9-4-6-11-10(8-9)5-7-12(14-3)13(11)2/h4-8H,1-3H3/q+1. The molecule has 0 saturated heterocycles. The van der Waals surface area contributed by atoms with E-state index in [0.717, 1.165) is 0 Å². The summed E-state index contributed by atoms with van der Waals surface area (Å²) in [6.45, 7) is 2.13. The number of hydrogen-bond donors (Lipinski definition) is 0. The normalized spacial score (nSPS) is 10.8. The Hall–Kier alpha value is -1.02. The summed E-state index contributed by atoms with van der Waals surface area (Å²) in [4.78, 5) is 0. The lowest BCUT2D eigenvalue weighted by atomic mass is 10.1. The van der Waals surface area contributed by atoms with Crippen molar-refractivity contribution in [2.75, 3.05) is 6.26 Å². The smallest absolute Gasteiger partial charge is 0.189 e. The molecule has 14 heavy (non-hydrogen) atoms. The quantitative estimate of drug-likeness (QED) is 0.510. The van der Waals surface area contributed by atoms with E-state index in [1.807, 2.05) is 0 Å². The van der Waals surface area contributed by atoms with Gasteiger partial charge in [-0.15, -0.1) is 0 Å². The fourth-order valence-corrected chi connectivity index (χ4v) is 2.29. The van der Waals surface area contributed by atoms with Gasteiger partial charge in [-0.1, -0.05) is 23.4 Å². The molecule has 0 radical (unpaired) electrons. The molecule has 0 aliphatic carbocycles. The number of nitrogens with zero attached hydrogens (tertiary/aromatic N) is 1. The minimum atomic E-state index is 1.29. The Balaban J connectivity index is 2.77. The van der Waals surface area contributed by atoms with E-state index in [2.05, 4.69) is 55.1 Å². The van der Waals surface area contributed by atoms with Gasteiger partial charge in [-0.3, -0.25) is 0 Å². The van der Waals surface area contributed by atoms with Gasteiger partial charge in [0.2, 0.25) is 10.5 Å². The average Bonchev–Trinajstić information content (AvgIpc) is 2.18. The SMILES string of the molecule is CSc1ccc2cc(C)ccc2[n+]1C. The third-order valence-corrected chi connectivity index (χ3v) is 3.32. The Morgan fingerprint density at radius 2 is 1.93 bits per heavy atom. The highest BCUT2D eigenvalue weighted by Crippen LogP contribution is 2.16. The number of fused-ring (bicyclic) bond motifs is 1. The van der Waals surface area contributed by atoms with E-state index in [0.29, 0.717) is 0 Å². The van der Waals surface area contributed by atoms with Crippen LogP contribution in [-0.2, 0) is 7.05 Å². The van der Waals surface area contributed by atoms with Crippen LogP contribution in [0.15, 0.2) is 35.4 Å². The van der Waals surface area contributed by atoms with Crippen molar-refractivity contribution in [1.82, 2.24) is 0 Å². The van der Waals surface area contributed by atoms with Gasteiger partial charge in [0, 0.05) is 17.5 Å². The van der Waals surface area contributed by atoms with E-state index >= 15 is 0 Å². The summed E-state index contributed by atoms with van der Waals surface area (Å²) < 4.78 is 2.24. The van der Waals surface area contributed by atoms with Gasteiger partial charge in [0.15, 0.2) is 0 Å². The molecule has 1 heterocycles. The van der Waals surface area contributed by atoms with Crippen LogP contribution in [0.3, 0.4) is 0 Å². The van der Waals surface area contributed by atoms with E-state index in [1.165, 1.54) is 21.5 Å². The highest BCUT2D eigenvalue weighted by molar-refractivity contribution is 7.98. The summed E-state index contributed by atoms with van der Waals surface area (Å²) in [7, 11) is 2.11. The van der Waals surface area contributed by atoms with E-state index in [4.69, 9.17) is 0 Å². The zero-order valence-corrected chi connectivity index (χ0v) is 9.56. The molecule has 0 aliphatic rings. The Morgan fingerprint density at radius 3 is 2.64 bits per heavy atom. The molecule has 0 amide bonds. The number of pyridine rings is 1. The molecule has 0 unspecified atom stereocenters. The predicted molar refractivity (Wildman–Crippen MR) is 61.6 cm³/mol. The molecule has 0 spiro atoms. The molecular formula is C12H14NS+. The molecule has 72 valence electrons. The molecule has 2 heteroatoms. The highest BCUT2D eigenvalue weighted by atomic mass is 32.2. The number of hydrogen-bond acceptors (Lipinski definition) is 1. The number of benzene rings is 1. The first-order chi connectivity index (χ1) is 6.72. The zero-order valence-electron chi connectivity index (χ0n) is 8.74. The van der Waals surface area contributed by atoms with E-state index in [1.54, 1.807) is 11.8 Å². The largest absolute Gasteiger partial charge is 0.240 e. The number of aromatic nitrogens is 1. The maximum Gasteiger partial charge on any atom is 0.240 e. The second-order valence-electron chi connectivity index (χ2n) is 3.50. The first-order valence-electron chi connectivity index (χ1n) is 4.66. The van der Waals surface area contributed by atoms with Crippen LogP contribution in [0.2, 0.25) is 0 Å². The van der Waals surface area contributed by atoms with Crippen molar-refractivity contribution in [2.24, 2.45) is 7.05 Å². The number of rotatable bonds is 1. The van der Waals surface area contributed by atoms with Gasteiger partial charge < -0.3 is 0 Å². The van der Waals surface area contributed by atoms with Crippen LogP contribution in [0, 0.1) is 6.92 Å². The van der Waals surface area contributed by atoms with Crippen LogP contribution in [0.1, 0.15) is 5.56 Å². The fourth-order valence-electron chi connectivity index (χ4n) is 1.71. The average molecular weight is 204 g/mol. The van der Waals surface area contributed by atoms with Crippen molar-refractivity contribution in [3.8, 4) is 0 Å². The minimum absolute atomic E-state index is 1.29. The Morgan fingerprint density at radius 1 is 1.14 bits per heavy atom. The van der Waals surface area contributed by atoms with Crippen molar-refractivity contribution >= 4 is 22.7 Å². The maximum absolute atomic E-state index is 2.24. The topological polar surface area (TPSA) is 3.88 Å². The molecule has 0 fully saturated rings. The maximum atomic E-state index is 2.24. The molecule has 2 rings (SSSR count). The summed E-state index contributed by atoms with van der Waals surface area (Å²) in [6.07, 6.45) is 2.11. The fraction of sp³-hybridized carbons (Fsp3) is 0.250. The van der Waals surface area contributed by atoms with Crippen molar-refractivity contribution in [2.45, 2.75) is 11.9 Å². The molecule has 0 atom stereocenters. The molecule has 1 nitrogen and oxygen atoms in total. The van der Waals surface area contributed by atoms with Gasteiger partial charge in [0.05, 0.1) is 0 Å². The first-order valence-corrected chi connectivity index (χ1v) is 5.88. The molecule has 1 aromatic heterocycles. The zero-order chi connectivity index (χ0) is 10.1. The molecule has 0 N–H and O–H groups in total. The van der Waals surface area contributed by atoms with Gasteiger partial charge in [-0.2, -0.15) is 4.57 Å². The summed E-state index contributed by atoms with van der Waals surface area (Å²) in [6, 6.07) is 10.9. The van der Waals surface area contributed by atoms with Crippen molar-refractivity contribution < 1.29 is 4.57 Å². The summed E-state index contributed by atoms with van der Waals surface area (Å²) >= 11 is 1.78. The van der Waals surface area contributed by atoms with Gasteiger partial charge >= 0.3 is 0 Å². The highest BCUT2D eigenvalue weighted by Gasteiger charge is 2.09. The molecule has 0 bridgehead atoms. The second-order valence-corrected chi connectivity index (χ2v) is 4.32. The van der Waals surface area contributed by atoms with Gasteiger partial charge in [-0.25, -0.2) is 0 Å². The summed E-state index contributed by atoms with van der Waals surface area (Å²) in [5.74, 6) is 0. The Kier molecular flexibility index (Phi) is 2.46. The van der Waals surface area contributed by atoms with Gasteiger partial charge in [-0.05, 0) is 25.3 Å². The van der Waals surface area contributed by atoms with E-state index in [9.17, 15) is 0 Å². The minimum Gasteiger partial charge on any atom is -0.189 e. The molecule has 1 aromatic carbocycles. The predicted octanol–water partition coefficient (Wildman–Crippen LogP) is 2.69. The molecular weight excluding hydrogens is 190 g/mol. The second kappa shape index (κ2) is 3.62. The van der Waals surface area contributed by atoms with Crippen LogP contribution >= 0.6 is 11.8 Å². The molecule has 2 aromatic rings. The summed E-state index contributed by atoms with van der Waals surface area (Å²) in [5, 5.41) is 2.60.